The van der Waals surface area contributed by atoms with E-state index < -0.39 is 5.97 Å². The van der Waals surface area contributed by atoms with Crippen LogP contribution in [0.1, 0.15) is 72.6 Å². The molecule has 2 fully saturated rings. The molecule has 0 aromatic rings. The first kappa shape index (κ1) is 16.8. The van der Waals surface area contributed by atoms with Gasteiger partial charge in [-0.1, -0.05) is 40.5 Å². The zero-order valence-corrected chi connectivity index (χ0v) is 14.2. The summed E-state index contributed by atoms with van der Waals surface area (Å²) in [6, 6.07) is 0.738. The monoisotopic (exact) mass is 295 g/mol. The van der Waals surface area contributed by atoms with E-state index in [9.17, 15) is 9.90 Å². The fourth-order valence-electron chi connectivity index (χ4n) is 4.68. The third kappa shape index (κ3) is 4.00. The minimum absolute atomic E-state index is 0.236. The largest absolute Gasteiger partial charge is 0.480 e. The van der Waals surface area contributed by atoms with Crippen LogP contribution in [0.15, 0.2) is 0 Å². The lowest BCUT2D eigenvalue weighted by molar-refractivity contribution is -0.144. The Morgan fingerprint density at radius 3 is 2.19 bits per heavy atom. The van der Waals surface area contributed by atoms with E-state index in [2.05, 4.69) is 32.6 Å². The molecule has 0 aromatic carbocycles. The van der Waals surface area contributed by atoms with Gasteiger partial charge in [0.25, 0.3) is 0 Å². The minimum atomic E-state index is -0.595. The molecule has 1 aliphatic carbocycles. The quantitative estimate of drug-likeness (QED) is 0.799. The van der Waals surface area contributed by atoms with Gasteiger partial charge in [0.15, 0.2) is 0 Å². The Balaban J connectivity index is 2.21. The molecule has 3 unspecified atom stereocenters. The van der Waals surface area contributed by atoms with Gasteiger partial charge in [-0.25, -0.2) is 0 Å². The Kier molecular flexibility index (Phi) is 5.70. The first-order chi connectivity index (χ1) is 9.90. The molecule has 122 valence electrons. The van der Waals surface area contributed by atoms with Crippen molar-refractivity contribution in [2.24, 2.45) is 17.8 Å². The van der Waals surface area contributed by atoms with E-state index in [4.69, 9.17) is 0 Å². The number of carboxylic acids is 1. The number of aliphatic carboxylic acids is 1. The van der Waals surface area contributed by atoms with Gasteiger partial charge in [-0.15, -0.1) is 0 Å². The maximum absolute atomic E-state index is 11.8. The number of hydrogen-bond acceptors (Lipinski definition) is 2. The molecule has 1 saturated carbocycles. The molecule has 21 heavy (non-hydrogen) atoms. The van der Waals surface area contributed by atoms with Crippen LogP contribution >= 0.6 is 0 Å². The van der Waals surface area contributed by atoms with Gasteiger partial charge in [-0.3, -0.25) is 9.69 Å². The minimum Gasteiger partial charge on any atom is -0.480 e. The Morgan fingerprint density at radius 1 is 1.10 bits per heavy atom. The van der Waals surface area contributed by atoms with Crippen molar-refractivity contribution >= 4 is 5.97 Å². The third-order valence-electron chi connectivity index (χ3n) is 5.33. The number of fused-ring (bicyclic) bond motifs is 1. The van der Waals surface area contributed by atoms with Crippen LogP contribution in [0, 0.1) is 17.8 Å². The summed E-state index contributed by atoms with van der Waals surface area (Å²) in [7, 11) is 0. The maximum atomic E-state index is 11.8. The van der Waals surface area contributed by atoms with Crippen LogP contribution in [0.4, 0.5) is 0 Å². The Labute approximate surface area is 130 Å². The van der Waals surface area contributed by atoms with E-state index in [-0.39, 0.29) is 6.04 Å². The lowest BCUT2D eigenvalue weighted by atomic mass is 9.84. The first-order valence-electron chi connectivity index (χ1n) is 8.90. The molecule has 3 nitrogen and oxygen atoms in total. The van der Waals surface area contributed by atoms with Gasteiger partial charge in [-0.2, -0.15) is 0 Å². The van der Waals surface area contributed by atoms with Crippen molar-refractivity contribution in [3.8, 4) is 0 Å². The van der Waals surface area contributed by atoms with Crippen LogP contribution in [-0.4, -0.2) is 34.1 Å². The van der Waals surface area contributed by atoms with Crippen LogP contribution in [0.3, 0.4) is 0 Å². The number of nitrogens with zero attached hydrogens (tertiary/aromatic N) is 1. The molecule has 1 N–H and O–H groups in total. The summed E-state index contributed by atoms with van der Waals surface area (Å²) in [5, 5.41) is 9.71. The summed E-state index contributed by atoms with van der Waals surface area (Å²) in [5.74, 6) is 1.29. The fraction of sp³-hybridized carbons (Fsp3) is 0.944. The average Bonchev–Trinajstić information content (AvgIpc) is 2.76. The molecule has 1 aliphatic heterocycles. The maximum Gasteiger partial charge on any atom is 0.320 e. The van der Waals surface area contributed by atoms with Crippen molar-refractivity contribution in [1.82, 2.24) is 4.90 Å². The Hall–Kier alpha value is -0.570. The average molecular weight is 295 g/mol. The van der Waals surface area contributed by atoms with Gasteiger partial charge >= 0.3 is 5.97 Å². The molecule has 0 radical (unpaired) electrons. The molecule has 3 heteroatoms. The van der Waals surface area contributed by atoms with Crippen LogP contribution in [-0.2, 0) is 4.79 Å². The molecule has 3 atom stereocenters. The molecule has 0 amide bonds. The molecule has 2 rings (SSSR count). The van der Waals surface area contributed by atoms with Crippen molar-refractivity contribution in [1.29, 1.82) is 0 Å². The van der Waals surface area contributed by atoms with Gasteiger partial charge in [0.05, 0.1) is 0 Å². The van der Waals surface area contributed by atoms with Crippen molar-refractivity contribution < 1.29 is 9.90 Å². The number of likely N-dealkylation sites (tertiary alicyclic amines) is 1. The van der Waals surface area contributed by atoms with Gasteiger partial charge in [0.1, 0.15) is 6.04 Å². The van der Waals surface area contributed by atoms with E-state index in [0.717, 1.165) is 19.3 Å². The van der Waals surface area contributed by atoms with E-state index >= 15 is 0 Å². The zero-order chi connectivity index (χ0) is 15.6. The smallest absolute Gasteiger partial charge is 0.320 e. The van der Waals surface area contributed by atoms with Crippen LogP contribution in [0.25, 0.3) is 0 Å². The summed E-state index contributed by atoms with van der Waals surface area (Å²) < 4.78 is 0. The normalized spacial score (nSPS) is 30.3. The van der Waals surface area contributed by atoms with Crippen molar-refractivity contribution in [3.05, 3.63) is 0 Å². The number of carbonyl (C=O) groups is 1. The zero-order valence-electron chi connectivity index (χ0n) is 14.2. The van der Waals surface area contributed by atoms with E-state index in [1.807, 2.05) is 0 Å². The molecule has 1 saturated heterocycles. The molecular weight excluding hydrogens is 262 g/mol. The topological polar surface area (TPSA) is 40.5 Å². The molecule has 0 aromatic heterocycles. The van der Waals surface area contributed by atoms with Crippen molar-refractivity contribution in [2.75, 3.05) is 0 Å². The fourth-order valence-corrected chi connectivity index (χ4v) is 4.68. The molecule has 2 aliphatic rings. The number of hydrogen-bond donors (Lipinski definition) is 1. The van der Waals surface area contributed by atoms with Gasteiger partial charge in [0, 0.05) is 12.1 Å². The van der Waals surface area contributed by atoms with E-state index in [0.29, 0.717) is 29.8 Å². The van der Waals surface area contributed by atoms with Crippen molar-refractivity contribution in [3.63, 3.8) is 0 Å². The second-order valence-corrected chi connectivity index (χ2v) is 8.06. The highest BCUT2D eigenvalue weighted by atomic mass is 16.4. The molecular formula is C18H33NO2. The lowest BCUT2D eigenvalue weighted by Crippen LogP contribution is -2.49. The Morgan fingerprint density at radius 2 is 1.67 bits per heavy atom. The molecule has 1 heterocycles. The van der Waals surface area contributed by atoms with E-state index in [1.54, 1.807) is 0 Å². The van der Waals surface area contributed by atoms with E-state index in [1.165, 1.54) is 25.7 Å². The summed E-state index contributed by atoms with van der Waals surface area (Å²) in [6.07, 6.45) is 8.16. The Bertz CT molecular complexity index is 343. The summed E-state index contributed by atoms with van der Waals surface area (Å²) in [6.45, 7) is 9.05. The highest BCUT2D eigenvalue weighted by Crippen LogP contribution is 2.42. The second kappa shape index (κ2) is 7.13. The standard InChI is InChI=1S/C18H33NO2/c1-12(2)9-15(10-13(3)4)19-16-8-6-5-7-14(16)11-17(19)18(20)21/h12-17H,5-11H2,1-4H3,(H,20,21). The second-order valence-electron chi connectivity index (χ2n) is 8.06. The highest BCUT2D eigenvalue weighted by molar-refractivity contribution is 5.74. The highest BCUT2D eigenvalue weighted by Gasteiger charge is 2.47. The number of rotatable bonds is 6. The van der Waals surface area contributed by atoms with Crippen LogP contribution in [0.2, 0.25) is 0 Å². The van der Waals surface area contributed by atoms with Crippen LogP contribution < -0.4 is 0 Å². The van der Waals surface area contributed by atoms with Crippen molar-refractivity contribution in [2.45, 2.75) is 90.8 Å². The lowest BCUT2D eigenvalue weighted by Gasteiger charge is -2.40. The predicted molar refractivity (Wildman–Crippen MR) is 86.3 cm³/mol. The first-order valence-corrected chi connectivity index (χ1v) is 8.90. The molecule has 0 spiro atoms. The third-order valence-corrected chi connectivity index (χ3v) is 5.33. The van der Waals surface area contributed by atoms with Crippen LogP contribution in [0.5, 0.6) is 0 Å². The van der Waals surface area contributed by atoms with Gasteiger partial charge < -0.3 is 5.11 Å². The summed E-state index contributed by atoms with van der Waals surface area (Å²) in [4.78, 5) is 14.2. The van der Waals surface area contributed by atoms with Gasteiger partial charge in [0.2, 0.25) is 0 Å². The SMILES string of the molecule is CC(C)CC(CC(C)C)N1C(C(=O)O)CC2CCCCC21. The summed E-state index contributed by atoms with van der Waals surface area (Å²) in [5.41, 5.74) is 0. The molecule has 0 bridgehead atoms. The summed E-state index contributed by atoms with van der Waals surface area (Å²) >= 11 is 0. The number of carboxylic acid groups (broad SMARTS) is 1. The predicted octanol–water partition coefficient (Wildman–Crippen LogP) is 4.16. The van der Waals surface area contributed by atoms with Gasteiger partial charge in [-0.05, 0) is 49.9 Å².